The molecule has 1 fully saturated rings. The number of aromatic nitrogens is 2. The Labute approximate surface area is 129 Å². The molecule has 0 unspecified atom stereocenters. The van der Waals surface area contributed by atoms with Gasteiger partial charge in [-0.15, -0.1) is 0 Å². The van der Waals surface area contributed by atoms with E-state index in [-0.39, 0.29) is 6.03 Å². The van der Waals surface area contributed by atoms with Crippen molar-refractivity contribution in [3.63, 3.8) is 0 Å². The van der Waals surface area contributed by atoms with Gasteiger partial charge >= 0.3 is 6.03 Å². The summed E-state index contributed by atoms with van der Waals surface area (Å²) < 4.78 is 0. The van der Waals surface area contributed by atoms with Crippen LogP contribution >= 0.6 is 0 Å². The van der Waals surface area contributed by atoms with E-state index in [4.69, 9.17) is 0 Å². The van der Waals surface area contributed by atoms with Crippen LogP contribution in [-0.2, 0) is 6.54 Å². The van der Waals surface area contributed by atoms with Crippen molar-refractivity contribution in [3.05, 3.63) is 40.7 Å². The lowest BCUT2D eigenvalue weighted by Gasteiger charge is -2.17. The van der Waals surface area contributed by atoms with Crippen molar-refractivity contribution in [1.29, 1.82) is 0 Å². The second-order valence-corrected chi connectivity index (χ2v) is 5.65. The maximum Gasteiger partial charge on any atom is 0.321 e. The van der Waals surface area contributed by atoms with Gasteiger partial charge in [-0.2, -0.15) is 5.10 Å². The molecule has 116 valence electrons. The SMILES string of the molecule is Cc1cc(N2CCNC2=O)ccc1NCc1c(C)n[nH]c1C. The molecule has 2 aromatic rings. The summed E-state index contributed by atoms with van der Waals surface area (Å²) in [5, 5.41) is 13.5. The van der Waals surface area contributed by atoms with Gasteiger partial charge in [-0.05, 0) is 44.5 Å². The van der Waals surface area contributed by atoms with E-state index in [2.05, 4.69) is 27.8 Å². The lowest BCUT2D eigenvalue weighted by atomic mass is 10.1. The standard InChI is InChI=1S/C16H21N5O/c1-10-8-13(21-7-6-17-16(21)22)4-5-15(10)18-9-14-11(2)19-20-12(14)3/h4-5,8,18H,6-7,9H2,1-3H3,(H,17,22)(H,19,20). The summed E-state index contributed by atoms with van der Waals surface area (Å²) in [5.41, 5.74) is 6.44. The number of urea groups is 1. The second-order valence-electron chi connectivity index (χ2n) is 5.65. The first kappa shape index (κ1) is 14.4. The van der Waals surface area contributed by atoms with Crippen LogP contribution in [0.1, 0.15) is 22.5 Å². The highest BCUT2D eigenvalue weighted by molar-refractivity contribution is 5.94. The highest BCUT2D eigenvalue weighted by Crippen LogP contribution is 2.24. The zero-order valence-electron chi connectivity index (χ0n) is 13.2. The Morgan fingerprint density at radius 2 is 2.14 bits per heavy atom. The van der Waals surface area contributed by atoms with Crippen molar-refractivity contribution in [1.82, 2.24) is 15.5 Å². The van der Waals surface area contributed by atoms with Crippen molar-refractivity contribution in [2.45, 2.75) is 27.3 Å². The lowest BCUT2D eigenvalue weighted by molar-refractivity contribution is 0.252. The molecule has 0 radical (unpaired) electrons. The van der Waals surface area contributed by atoms with Gasteiger partial charge in [0.1, 0.15) is 0 Å². The summed E-state index contributed by atoms with van der Waals surface area (Å²) in [6.07, 6.45) is 0. The summed E-state index contributed by atoms with van der Waals surface area (Å²) in [4.78, 5) is 13.5. The number of rotatable bonds is 4. The highest BCUT2D eigenvalue weighted by atomic mass is 16.2. The zero-order chi connectivity index (χ0) is 15.7. The summed E-state index contributed by atoms with van der Waals surface area (Å²) in [7, 11) is 0. The van der Waals surface area contributed by atoms with E-state index >= 15 is 0 Å². The van der Waals surface area contributed by atoms with Crippen molar-refractivity contribution < 1.29 is 4.79 Å². The molecule has 3 rings (SSSR count). The average molecular weight is 299 g/mol. The Morgan fingerprint density at radius 3 is 2.73 bits per heavy atom. The quantitative estimate of drug-likeness (QED) is 0.812. The van der Waals surface area contributed by atoms with Crippen molar-refractivity contribution in [2.24, 2.45) is 0 Å². The van der Waals surface area contributed by atoms with Crippen molar-refractivity contribution in [2.75, 3.05) is 23.3 Å². The van der Waals surface area contributed by atoms with Crippen LogP contribution in [0.15, 0.2) is 18.2 Å². The molecule has 6 nitrogen and oxygen atoms in total. The molecule has 1 aliphatic heterocycles. The molecule has 3 N–H and O–H groups in total. The molecule has 0 bridgehead atoms. The van der Waals surface area contributed by atoms with Crippen LogP contribution in [-0.4, -0.2) is 29.3 Å². The smallest absolute Gasteiger partial charge is 0.321 e. The highest BCUT2D eigenvalue weighted by Gasteiger charge is 2.21. The van der Waals surface area contributed by atoms with Gasteiger partial charge < -0.3 is 10.6 Å². The topological polar surface area (TPSA) is 73.1 Å². The summed E-state index contributed by atoms with van der Waals surface area (Å²) >= 11 is 0. The number of benzene rings is 1. The largest absolute Gasteiger partial charge is 0.381 e. The predicted octanol–water partition coefficient (Wildman–Crippen LogP) is 2.48. The molecule has 1 aromatic carbocycles. The maximum atomic E-state index is 11.7. The minimum Gasteiger partial charge on any atom is -0.381 e. The molecule has 1 aromatic heterocycles. The van der Waals surface area contributed by atoms with Crippen LogP contribution in [0.25, 0.3) is 0 Å². The minimum absolute atomic E-state index is 0.0234. The molecule has 2 heterocycles. The van der Waals surface area contributed by atoms with E-state index in [0.717, 1.165) is 41.4 Å². The number of carbonyl (C=O) groups is 1. The first-order valence-corrected chi connectivity index (χ1v) is 7.46. The van der Waals surface area contributed by atoms with Gasteiger partial charge in [0, 0.05) is 42.3 Å². The third kappa shape index (κ3) is 2.64. The maximum absolute atomic E-state index is 11.7. The fourth-order valence-corrected chi connectivity index (χ4v) is 2.75. The predicted molar refractivity (Wildman–Crippen MR) is 87.3 cm³/mol. The third-order valence-corrected chi connectivity index (χ3v) is 4.11. The molecular weight excluding hydrogens is 278 g/mol. The molecule has 22 heavy (non-hydrogen) atoms. The first-order chi connectivity index (χ1) is 10.6. The van der Waals surface area contributed by atoms with Gasteiger partial charge in [0.05, 0.1) is 5.69 Å². The Bertz CT molecular complexity index is 687. The van der Waals surface area contributed by atoms with E-state index in [1.165, 1.54) is 5.56 Å². The van der Waals surface area contributed by atoms with Crippen molar-refractivity contribution >= 4 is 17.4 Å². The number of nitrogens with zero attached hydrogens (tertiary/aromatic N) is 2. The van der Waals surface area contributed by atoms with Gasteiger partial charge in [-0.1, -0.05) is 0 Å². The lowest BCUT2D eigenvalue weighted by Crippen LogP contribution is -2.27. The van der Waals surface area contributed by atoms with E-state index in [9.17, 15) is 4.79 Å². The van der Waals surface area contributed by atoms with E-state index in [0.29, 0.717) is 6.54 Å². The molecule has 1 saturated heterocycles. The molecule has 0 atom stereocenters. The monoisotopic (exact) mass is 299 g/mol. The molecule has 2 amide bonds. The van der Waals surface area contributed by atoms with E-state index in [1.807, 2.05) is 32.0 Å². The molecule has 6 heteroatoms. The number of nitrogens with one attached hydrogen (secondary N) is 3. The number of anilines is 2. The van der Waals surface area contributed by atoms with Crippen LogP contribution in [0.2, 0.25) is 0 Å². The molecule has 0 aliphatic carbocycles. The normalized spacial score (nSPS) is 14.3. The number of carbonyl (C=O) groups excluding carboxylic acids is 1. The zero-order valence-corrected chi connectivity index (χ0v) is 13.2. The molecule has 1 aliphatic rings. The van der Waals surface area contributed by atoms with E-state index < -0.39 is 0 Å². The Hall–Kier alpha value is -2.50. The Balaban J connectivity index is 1.74. The first-order valence-electron chi connectivity index (χ1n) is 7.46. The van der Waals surface area contributed by atoms with Crippen molar-refractivity contribution in [3.8, 4) is 0 Å². The van der Waals surface area contributed by atoms with Crippen LogP contribution in [0, 0.1) is 20.8 Å². The van der Waals surface area contributed by atoms with Gasteiger partial charge in [0.25, 0.3) is 0 Å². The number of aryl methyl sites for hydroxylation is 3. The van der Waals surface area contributed by atoms with Crippen LogP contribution in [0.4, 0.5) is 16.2 Å². The van der Waals surface area contributed by atoms with Crippen LogP contribution < -0.4 is 15.5 Å². The van der Waals surface area contributed by atoms with E-state index in [1.54, 1.807) is 4.90 Å². The number of hydrogen-bond donors (Lipinski definition) is 3. The second kappa shape index (κ2) is 5.71. The molecule has 0 saturated carbocycles. The number of H-pyrrole nitrogens is 1. The van der Waals surface area contributed by atoms with Gasteiger partial charge in [-0.3, -0.25) is 10.00 Å². The van der Waals surface area contributed by atoms with Crippen LogP contribution in [0.3, 0.4) is 0 Å². The molecule has 0 spiro atoms. The Morgan fingerprint density at radius 1 is 1.32 bits per heavy atom. The Kier molecular flexibility index (Phi) is 3.75. The number of amides is 2. The third-order valence-electron chi connectivity index (χ3n) is 4.11. The number of hydrogen-bond acceptors (Lipinski definition) is 3. The fourth-order valence-electron chi connectivity index (χ4n) is 2.75. The summed E-state index contributed by atoms with van der Waals surface area (Å²) in [5.74, 6) is 0. The summed E-state index contributed by atoms with van der Waals surface area (Å²) in [6, 6.07) is 6.03. The number of aromatic amines is 1. The molecular formula is C16H21N5O. The van der Waals surface area contributed by atoms with Gasteiger partial charge in [0.15, 0.2) is 0 Å². The summed E-state index contributed by atoms with van der Waals surface area (Å²) in [6.45, 7) is 8.24. The van der Waals surface area contributed by atoms with Crippen LogP contribution in [0.5, 0.6) is 0 Å². The van der Waals surface area contributed by atoms with Gasteiger partial charge in [0.2, 0.25) is 0 Å². The average Bonchev–Trinajstić information content (AvgIpc) is 3.05. The minimum atomic E-state index is -0.0234. The fraction of sp³-hybridized carbons (Fsp3) is 0.375. The van der Waals surface area contributed by atoms with Gasteiger partial charge in [-0.25, -0.2) is 4.79 Å².